The minimum atomic E-state index is -1.73. The van der Waals surface area contributed by atoms with E-state index in [0.717, 1.165) is 11.1 Å². The summed E-state index contributed by atoms with van der Waals surface area (Å²) in [5, 5.41) is 0. The highest BCUT2D eigenvalue weighted by Gasteiger charge is 2.77. The number of ether oxygens (including phenoxy) is 4. The third-order valence-corrected chi connectivity index (χ3v) is 9.56. The Kier molecular flexibility index (Phi) is 7.34. The molecule has 2 aliphatic heterocycles. The minimum Gasteiger partial charge on any atom is -0.493 e. The van der Waals surface area contributed by atoms with Crippen LogP contribution in [0.4, 0.5) is 0 Å². The van der Waals surface area contributed by atoms with Gasteiger partial charge in [-0.15, -0.1) is 0 Å². The summed E-state index contributed by atoms with van der Waals surface area (Å²) in [5.41, 5.74) is -0.432. The molecule has 2 heterocycles. The van der Waals surface area contributed by atoms with Crippen LogP contribution in [0.1, 0.15) is 37.8 Å². The Labute approximate surface area is 257 Å². The Bertz CT molecular complexity index is 1680. The molecule has 0 aromatic heterocycles. The topological polar surface area (TPSA) is 94.6 Å². The smallest absolute Gasteiger partial charge is 0.192 e. The van der Waals surface area contributed by atoms with E-state index >= 15 is 4.79 Å². The van der Waals surface area contributed by atoms with E-state index in [4.69, 9.17) is 18.9 Å². The van der Waals surface area contributed by atoms with Crippen molar-refractivity contribution in [3.8, 4) is 23.0 Å². The first kappa shape index (κ1) is 29.6. The van der Waals surface area contributed by atoms with E-state index in [1.165, 1.54) is 0 Å². The number of hydrogen-bond acceptors (Lipinski definition) is 9. The Morgan fingerprint density at radius 2 is 1.30 bits per heavy atom. The summed E-state index contributed by atoms with van der Waals surface area (Å²) in [4.78, 5) is 48.4. The van der Waals surface area contributed by atoms with Crippen LogP contribution < -0.4 is 18.9 Å². The van der Waals surface area contributed by atoms with Gasteiger partial charge in [-0.05, 0) is 55.6 Å². The maximum Gasteiger partial charge on any atom is 0.192 e. The first-order valence-corrected chi connectivity index (χ1v) is 14.5. The third-order valence-electron chi connectivity index (χ3n) is 9.56. The Morgan fingerprint density at radius 3 is 1.89 bits per heavy atom. The first-order valence-electron chi connectivity index (χ1n) is 14.5. The number of ketones is 3. The maximum absolute atomic E-state index is 15.2. The SMILES string of the molecule is COc1ccc(/C=C2/CN(C)C[C@@]3(C2=O)[C@@H](c2ccc(OC)c(OC)c2)CN(C)C32C(=O)c3ccccc3C2=O)cc1OC. The lowest BCUT2D eigenvalue weighted by Gasteiger charge is -2.50. The number of benzene rings is 3. The zero-order valence-electron chi connectivity index (χ0n) is 25.8. The van der Waals surface area contributed by atoms with Gasteiger partial charge >= 0.3 is 0 Å². The second kappa shape index (κ2) is 10.9. The van der Waals surface area contributed by atoms with Crippen LogP contribution >= 0.6 is 0 Å². The summed E-state index contributed by atoms with van der Waals surface area (Å²) in [5.74, 6) is 0.757. The molecule has 3 aromatic carbocycles. The molecule has 0 amide bonds. The normalized spacial score (nSPS) is 23.9. The lowest BCUT2D eigenvalue weighted by atomic mass is 9.56. The molecule has 0 radical (unpaired) electrons. The first-order chi connectivity index (χ1) is 21.2. The van der Waals surface area contributed by atoms with Gasteiger partial charge in [-0.25, -0.2) is 0 Å². The molecule has 3 aliphatic rings. The monoisotopic (exact) mass is 596 g/mol. The van der Waals surface area contributed by atoms with Gasteiger partial charge in [0, 0.05) is 42.3 Å². The van der Waals surface area contributed by atoms with Crippen LogP contribution in [0.2, 0.25) is 0 Å². The molecule has 9 nitrogen and oxygen atoms in total. The zero-order valence-corrected chi connectivity index (χ0v) is 25.8. The number of piperidine rings is 1. The van der Waals surface area contributed by atoms with Crippen molar-refractivity contribution in [3.63, 3.8) is 0 Å². The summed E-state index contributed by atoms with van der Waals surface area (Å²) >= 11 is 0. The number of nitrogens with zero attached hydrogens (tertiary/aromatic N) is 2. The number of rotatable bonds is 6. The van der Waals surface area contributed by atoms with Gasteiger partial charge in [-0.1, -0.05) is 36.4 Å². The molecule has 0 saturated carbocycles. The Balaban J connectivity index is 1.60. The highest BCUT2D eigenvalue weighted by molar-refractivity contribution is 6.36. The molecule has 0 N–H and O–H groups in total. The maximum atomic E-state index is 15.2. The standard InChI is InChI=1S/C35H36N2O7/c1-36-18-23(15-21-11-13-27(41-3)29(16-21)43-5)31(38)34(20-36)26(22-12-14-28(42-4)30(17-22)44-6)19-37(2)35(34)32(39)24-9-7-8-10-25(24)33(35)40/h7-17,26H,18-20H2,1-6H3/b23-15-/t26-,34+/m1/s1. The van der Waals surface area contributed by atoms with Gasteiger partial charge in [0.15, 0.2) is 45.9 Å². The molecule has 6 rings (SSSR count). The van der Waals surface area contributed by atoms with E-state index in [9.17, 15) is 9.59 Å². The predicted octanol–water partition coefficient (Wildman–Crippen LogP) is 4.15. The lowest BCUT2D eigenvalue weighted by Crippen LogP contribution is -2.69. The van der Waals surface area contributed by atoms with Crippen LogP contribution in [0, 0.1) is 5.41 Å². The molecule has 2 atom stereocenters. The summed E-state index contributed by atoms with van der Waals surface area (Å²) in [6.07, 6.45) is 1.83. The number of Topliss-reactive ketones (excluding diaryl/α,β-unsaturated/α-hetero) is 3. The molecule has 3 aromatic rings. The van der Waals surface area contributed by atoms with Crippen LogP contribution in [0.3, 0.4) is 0 Å². The van der Waals surface area contributed by atoms with Crippen molar-refractivity contribution in [1.29, 1.82) is 0 Å². The predicted molar refractivity (Wildman–Crippen MR) is 165 cm³/mol. The van der Waals surface area contributed by atoms with E-state index in [-0.39, 0.29) is 23.9 Å². The molecule has 2 saturated heterocycles. The van der Waals surface area contributed by atoms with Gasteiger partial charge < -0.3 is 23.8 Å². The second-order valence-corrected chi connectivity index (χ2v) is 11.7. The Morgan fingerprint density at radius 1 is 0.727 bits per heavy atom. The molecule has 2 spiro atoms. The highest BCUT2D eigenvalue weighted by Crippen LogP contribution is 2.61. The number of carbonyl (C=O) groups is 3. The number of likely N-dealkylation sites (N-methyl/N-ethyl adjacent to an activating group) is 2. The van der Waals surface area contributed by atoms with Gasteiger partial charge in [0.1, 0.15) is 0 Å². The van der Waals surface area contributed by atoms with Crippen molar-refractivity contribution in [1.82, 2.24) is 9.80 Å². The van der Waals surface area contributed by atoms with Gasteiger partial charge in [0.25, 0.3) is 0 Å². The number of fused-ring (bicyclic) bond motifs is 2. The average Bonchev–Trinajstić information content (AvgIpc) is 3.43. The molecular weight excluding hydrogens is 560 g/mol. The average molecular weight is 597 g/mol. The molecular formula is C35H36N2O7. The summed E-state index contributed by atoms with van der Waals surface area (Å²) in [6.45, 7) is 0.872. The van der Waals surface area contributed by atoms with Gasteiger partial charge in [0.05, 0.1) is 33.9 Å². The van der Waals surface area contributed by atoms with E-state index in [2.05, 4.69) is 0 Å². The fourth-order valence-electron chi connectivity index (χ4n) is 7.75. The fraction of sp³-hybridized carbons (Fsp3) is 0.343. The van der Waals surface area contributed by atoms with Crippen molar-refractivity contribution < 1.29 is 33.3 Å². The van der Waals surface area contributed by atoms with Crippen LogP contribution in [-0.4, -0.2) is 94.9 Å². The second-order valence-electron chi connectivity index (χ2n) is 11.7. The van der Waals surface area contributed by atoms with E-state index < -0.39 is 16.9 Å². The van der Waals surface area contributed by atoms with E-state index in [1.54, 1.807) is 71.9 Å². The van der Waals surface area contributed by atoms with Crippen LogP contribution in [0.25, 0.3) is 6.08 Å². The van der Waals surface area contributed by atoms with Crippen LogP contribution in [0.15, 0.2) is 66.2 Å². The quantitative estimate of drug-likeness (QED) is 0.307. The molecule has 1 aliphatic carbocycles. The molecule has 0 unspecified atom stereocenters. The van der Waals surface area contributed by atoms with Gasteiger partial charge in [-0.2, -0.15) is 0 Å². The fourth-order valence-corrected chi connectivity index (χ4v) is 7.75. The van der Waals surface area contributed by atoms with Crippen molar-refractivity contribution >= 4 is 23.4 Å². The van der Waals surface area contributed by atoms with Crippen molar-refractivity contribution in [2.24, 2.45) is 5.41 Å². The molecule has 228 valence electrons. The number of carbonyl (C=O) groups excluding carboxylic acids is 3. The molecule has 9 heteroatoms. The van der Waals surface area contributed by atoms with Crippen molar-refractivity contribution in [3.05, 3.63) is 88.5 Å². The molecule has 2 fully saturated rings. The highest BCUT2D eigenvalue weighted by atomic mass is 16.5. The van der Waals surface area contributed by atoms with E-state index in [0.29, 0.717) is 52.8 Å². The molecule has 44 heavy (non-hydrogen) atoms. The van der Waals surface area contributed by atoms with Crippen molar-refractivity contribution in [2.45, 2.75) is 11.5 Å². The summed E-state index contributed by atoms with van der Waals surface area (Å²) < 4.78 is 22.0. The number of hydrogen-bond donors (Lipinski definition) is 0. The van der Waals surface area contributed by atoms with Crippen molar-refractivity contribution in [2.75, 3.05) is 62.2 Å². The third kappa shape index (κ3) is 3.95. The van der Waals surface area contributed by atoms with Crippen LogP contribution in [-0.2, 0) is 4.79 Å². The number of methoxy groups -OCH3 is 4. The lowest BCUT2D eigenvalue weighted by molar-refractivity contribution is -0.132. The van der Waals surface area contributed by atoms with Gasteiger partial charge in [-0.3, -0.25) is 19.3 Å². The van der Waals surface area contributed by atoms with Crippen LogP contribution in [0.5, 0.6) is 23.0 Å². The minimum absolute atomic E-state index is 0.212. The summed E-state index contributed by atoms with van der Waals surface area (Å²) in [7, 11) is 9.95. The van der Waals surface area contributed by atoms with E-state index in [1.807, 2.05) is 47.2 Å². The van der Waals surface area contributed by atoms with Gasteiger partial charge in [0.2, 0.25) is 0 Å². The summed E-state index contributed by atoms with van der Waals surface area (Å²) in [6, 6.07) is 17.9. The Hall–Kier alpha value is -4.47. The number of likely N-dealkylation sites (tertiary alicyclic amines) is 2. The zero-order chi connectivity index (χ0) is 31.4. The molecule has 0 bridgehead atoms. The largest absolute Gasteiger partial charge is 0.493 e.